The smallest absolute Gasteiger partial charge is 0.261 e. The van der Waals surface area contributed by atoms with Crippen molar-refractivity contribution in [2.75, 3.05) is 13.7 Å². The van der Waals surface area contributed by atoms with E-state index in [2.05, 4.69) is 19.2 Å². The Labute approximate surface area is 188 Å². The van der Waals surface area contributed by atoms with E-state index in [1.165, 1.54) is 4.90 Å². The predicted molar refractivity (Wildman–Crippen MR) is 121 cm³/mol. The molecule has 0 saturated carbocycles. The number of nitrogens with zero attached hydrogens (tertiary/aromatic N) is 1. The van der Waals surface area contributed by atoms with Crippen LogP contribution in [-0.2, 0) is 16.1 Å². The average Bonchev–Trinajstić information content (AvgIpc) is 2.74. The number of carbonyl (C=O) groups excluding carboxylic acids is 2. The Bertz CT molecular complexity index is 887. The van der Waals surface area contributed by atoms with Crippen LogP contribution in [0.3, 0.4) is 0 Å². The van der Waals surface area contributed by atoms with Gasteiger partial charge in [-0.2, -0.15) is 0 Å². The number of benzene rings is 2. The maximum atomic E-state index is 13.1. The molecule has 0 spiro atoms. The van der Waals surface area contributed by atoms with Gasteiger partial charge in [-0.1, -0.05) is 68.2 Å². The van der Waals surface area contributed by atoms with Crippen LogP contribution in [0.5, 0.6) is 5.75 Å². The molecule has 0 bridgehead atoms. The highest BCUT2D eigenvalue weighted by molar-refractivity contribution is 6.42. The summed E-state index contributed by atoms with van der Waals surface area (Å²) < 4.78 is 5.86. The molecule has 0 radical (unpaired) electrons. The zero-order valence-electron chi connectivity index (χ0n) is 17.7. The molecule has 5 nitrogen and oxygen atoms in total. The van der Waals surface area contributed by atoms with Crippen molar-refractivity contribution in [3.63, 3.8) is 0 Å². The van der Waals surface area contributed by atoms with Gasteiger partial charge in [0.2, 0.25) is 5.91 Å². The Balaban J connectivity index is 2.25. The summed E-state index contributed by atoms with van der Waals surface area (Å²) in [6, 6.07) is 12.2. The monoisotopic (exact) mass is 450 g/mol. The number of amides is 2. The third kappa shape index (κ3) is 6.13. The fraction of sp³-hybridized carbons (Fsp3) is 0.391. The Hall–Kier alpha value is -2.24. The lowest BCUT2D eigenvalue weighted by Crippen LogP contribution is -2.49. The molecule has 2 rings (SSSR count). The van der Waals surface area contributed by atoms with E-state index >= 15 is 0 Å². The van der Waals surface area contributed by atoms with Gasteiger partial charge in [0.25, 0.3) is 5.91 Å². The number of carbonyl (C=O) groups is 2. The SMILES string of the molecule is CC[C@H](C(=O)NC)N(Cc1ccc(Cl)c(Cl)c1)C(=O)COc1ccccc1C(C)C. The van der Waals surface area contributed by atoms with Crippen molar-refractivity contribution in [3.05, 3.63) is 63.6 Å². The van der Waals surface area contributed by atoms with E-state index in [4.69, 9.17) is 27.9 Å². The quantitative estimate of drug-likeness (QED) is 0.581. The van der Waals surface area contributed by atoms with Gasteiger partial charge in [-0.05, 0) is 41.7 Å². The number of hydrogen-bond acceptors (Lipinski definition) is 3. The van der Waals surface area contributed by atoms with Crippen LogP contribution in [0.2, 0.25) is 10.0 Å². The van der Waals surface area contributed by atoms with Crippen LogP contribution in [0, 0.1) is 0 Å². The molecule has 7 heteroatoms. The second-order valence-electron chi connectivity index (χ2n) is 7.29. The first-order chi connectivity index (χ1) is 14.3. The molecule has 0 aromatic heterocycles. The Morgan fingerprint density at radius 1 is 1.10 bits per heavy atom. The van der Waals surface area contributed by atoms with Crippen LogP contribution in [0.25, 0.3) is 0 Å². The molecule has 0 heterocycles. The van der Waals surface area contributed by atoms with Gasteiger partial charge < -0.3 is 15.0 Å². The van der Waals surface area contributed by atoms with E-state index in [0.717, 1.165) is 11.1 Å². The van der Waals surface area contributed by atoms with Crippen molar-refractivity contribution >= 4 is 35.0 Å². The van der Waals surface area contributed by atoms with Crippen LogP contribution in [0.1, 0.15) is 44.2 Å². The summed E-state index contributed by atoms with van der Waals surface area (Å²) in [5, 5.41) is 3.47. The van der Waals surface area contributed by atoms with Gasteiger partial charge in [0, 0.05) is 13.6 Å². The highest BCUT2D eigenvalue weighted by Crippen LogP contribution is 2.27. The van der Waals surface area contributed by atoms with Crippen LogP contribution in [0.4, 0.5) is 0 Å². The van der Waals surface area contributed by atoms with Gasteiger partial charge in [-0.15, -0.1) is 0 Å². The van der Waals surface area contributed by atoms with E-state index in [0.29, 0.717) is 22.2 Å². The molecule has 0 aliphatic carbocycles. The summed E-state index contributed by atoms with van der Waals surface area (Å²) in [7, 11) is 1.56. The zero-order chi connectivity index (χ0) is 22.3. The first kappa shape index (κ1) is 24.0. The topological polar surface area (TPSA) is 58.6 Å². The molecule has 1 atom stereocenters. The molecule has 2 amide bonds. The molecular weight excluding hydrogens is 423 g/mol. The maximum Gasteiger partial charge on any atom is 0.261 e. The highest BCUT2D eigenvalue weighted by Gasteiger charge is 2.28. The number of para-hydroxylation sites is 1. The maximum absolute atomic E-state index is 13.1. The minimum absolute atomic E-state index is 0.168. The number of ether oxygens (including phenoxy) is 1. The van der Waals surface area contributed by atoms with Crippen LogP contribution in [0.15, 0.2) is 42.5 Å². The molecule has 162 valence electrons. The molecular formula is C23H28Cl2N2O3. The number of halogens is 2. The first-order valence-electron chi connectivity index (χ1n) is 9.95. The highest BCUT2D eigenvalue weighted by atomic mass is 35.5. The molecule has 2 aromatic rings. The lowest BCUT2D eigenvalue weighted by atomic mass is 10.0. The summed E-state index contributed by atoms with van der Waals surface area (Å²) in [5.41, 5.74) is 1.81. The van der Waals surface area contributed by atoms with Crippen molar-refractivity contribution in [2.24, 2.45) is 0 Å². The molecule has 1 N–H and O–H groups in total. The van der Waals surface area contributed by atoms with Crippen LogP contribution in [-0.4, -0.2) is 36.4 Å². The molecule has 0 unspecified atom stereocenters. The van der Waals surface area contributed by atoms with Crippen molar-refractivity contribution in [1.82, 2.24) is 10.2 Å². The standard InChI is InChI=1S/C23H28Cl2N2O3/c1-5-20(23(29)26-4)27(13-16-10-11-18(24)19(25)12-16)22(28)14-30-21-9-7-6-8-17(21)15(2)3/h6-12,15,20H,5,13-14H2,1-4H3,(H,26,29)/t20-/m1/s1. The van der Waals surface area contributed by atoms with E-state index < -0.39 is 6.04 Å². The number of hydrogen-bond donors (Lipinski definition) is 1. The van der Waals surface area contributed by atoms with Gasteiger partial charge in [-0.25, -0.2) is 0 Å². The van der Waals surface area contributed by atoms with Gasteiger partial charge in [-0.3, -0.25) is 9.59 Å². The number of rotatable bonds is 9. The predicted octanol–water partition coefficient (Wildman–Crippen LogP) is 5.05. The van der Waals surface area contributed by atoms with Gasteiger partial charge >= 0.3 is 0 Å². The summed E-state index contributed by atoms with van der Waals surface area (Å²) in [4.78, 5) is 27.1. The fourth-order valence-electron chi connectivity index (χ4n) is 3.23. The Kier molecular flexibility index (Phi) is 9.00. The fourth-order valence-corrected chi connectivity index (χ4v) is 3.55. The average molecular weight is 451 g/mol. The second kappa shape index (κ2) is 11.2. The normalized spacial score (nSPS) is 11.8. The summed E-state index contributed by atoms with van der Waals surface area (Å²) in [6.07, 6.45) is 0.468. The minimum Gasteiger partial charge on any atom is -0.483 e. The first-order valence-corrected chi connectivity index (χ1v) is 10.7. The molecule has 0 saturated heterocycles. The largest absolute Gasteiger partial charge is 0.483 e. The lowest BCUT2D eigenvalue weighted by molar-refractivity contribution is -0.142. The minimum atomic E-state index is -0.624. The lowest BCUT2D eigenvalue weighted by Gasteiger charge is -2.30. The molecule has 0 aliphatic heterocycles. The van der Waals surface area contributed by atoms with E-state index in [-0.39, 0.29) is 30.9 Å². The van der Waals surface area contributed by atoms with E-state index in [1.807, 2.05) is 31.2 Å². The summed E-state index contributed by atoms with van der Waals surface area (Å²) in [6.45, 7) is 6.05. The zero-order valence-corrected chi connectivity index (χ0v) is 19.3. The van der Waals surface area contributed by atoms with Crippen molar-refractivity contribution in [3.8, 4) is 5.75 Å². The summed E-state index contributed by atoms with van der Waals surface area (Å²) >= 11 is 12.1. The Morgan fingerprint density at radius 2 is 1.80 bits per heavy atom. The van der Waals surface area contributed by atoms with Crippen LogP contribution < -0.4 is 10.1 Å². The molecule has 30 heavy (non-hydrogen) atoms. The van der Waals surface area contributed by atoms with Crippen LogP contribution >= 0.6 is 23.2 Å². The van der Waals surface area contributed by atoms with Gasteiger partial charge in [0.05, 0.1) is 10.0 Å². The van der Waals surface area contributed by atoms with E-state index in [1.54, 1.807) is 25.2 Å². The molecule has 0 fully saturated rings. The number of nitrogens with one attached hydrogen (secondary N) is 1. The third-order valence-corrected chi connectivity index (χ3v) is 5.60. The summed E-state index contributed by atoms with van der Waals surface area (Å²) in [5.74, 6) is 0.421. The van der Waals surface area contributed by atoms with Crippen molar-refractivity contribution < 1.29 is 14.3 Å². The van der Waals surface area contributed by atoms with Crippen molar-refractivity contribution in [1.29, 1.82) is 0 Å². The van der Waals surface area contributed by atoms with E-state index in [9.17, 15) is 9.59 Å². The molecule has 2 aromatic carbocycles. The van der Waals surface area contributed by atoms with Crippen molar-refractivity contribution in [2.45, 2.75) is 45.7 Å². The van der Waals surface area contributed by atoms with Gasteiger partial charge in [0.1, 0.15) is 11.8 Å². The third-order valence-electron chi connectivity index (χ3n) is 4.86. The second-order valence-corrected chi connectivity index (χ2v) is 8.10. The van der Waals surface area contributed by atoms with Gasteiger partial charge in [0.15, 0.2) is 6.61 Å². The Morgan fingerprint density at radius 3 is 2.40 bits per heavy atom. The molecule has 0 aliphatic rings. The number of likely N-dealkylation sites (N-methyl/N-ethyl adjacent to an activating group) is 1.